The quantitative estimate of drug-likeness (QED) is 0.290. The molecule has 0 radical (unpaired) electrons. The van der Waals surface area contributed by atoms with Crippen LogP contribution in [0, 0.1) is 5.92 Å². The number of hydrogen-bond acceptors (Lipinski definition) is 2. The van der Waals surface area contributed by atoms with E-state index in [1.807, 2.05) is 0 Å². The Morgan fingerprint density at radius 3 is 1.29 bits per heavy atom. The summed E-state index contributed by atoms with van der Waals surface area (Å²) in [6.07, 6.45) is -19.1. The zero-order chi connectivity index (χ0) is 25.6. The highest BCUT2D eigenvalue weighted by Crippen LogP contribution is 2.61. The number of rotatable bonds is 8. The third-order valence-corrected chi connectivity index (χ3v) is 3.49. The summed E-state index contributed by atoms with van der Waals surface area (Å²) in [4.78, 5) is 11.2. The van der Waals surface area contributed by atoms with Crippen LogP contribution in [0.15, 0.2) is 0 Å². The second-order valence-electron chi connectivity index (χ2n) is 6.28. The van der Waals surface area contributed by atoms with Crippen LogP contribution in [0.4, 0.5) is 70.2 Å². The van der Waals surface area contributed by atoms with Gasteiger partial charge in [0.1, 0.15) is 0 Å². The monoisotopic (exact) mass is 502 g/mol. The molecule has 1 atom stereocenters. The molecule has 31 heavy (non-hydrogen) atoms. The van der Waals surface area contributed by atoms with Crippen molar-refractivity contribution < 1.29 is 79.8 Å². The molecule has 0 saturated heterocycles. The van der Waals surface area contributed by atoms with E-state index < -0.39 is 66.4 Å². The Morgan fingerprint density at radius 1 is 0.645 bits per heavy atom. The van der Waals surface area contributed by atoms with Crippen LogP contribution in [0.25, 0.3) is 0 Å². The SMILES string of the molecule is CC(C)OC(=O)C(CC(F)(F)C(F)(F)C(F)(F)C(F)(F)C(F)(F)C(F)(F)F)C(F)(F)F. The summed E-state index contributed by atoms with van der Waals surface area (Å²) < 4.78 is 210. The lowest BCUT2D eigenvalue weighted by molar-refractivity contribution is -0.441. The molecule has 0 aliphatic rings. The Hall–Kier alpha value is -1.65. The summed E-state index contributed by atoms with van der Waals surface area (Å²) in [5.41, 5.74) is 0. The Labute approximate surface area is 161 Å². The van der Waals surface area contributed by atoms with Crippen molar-refractivity contribution in [2.45, 2.75) is 68.3 Å². The Kier molecular flexibility index (Phi) is 7.61. The molecule has 1 unspecified atom stereocenters. The summed E-state index contributed by atoms with van der Waals surface area (Å²) in [7, 11) is 0. The van der Waals surface area contributed by atoms with Crippen molar-refractivity contribution in [2.75, 3.05) is 0 Å². The summed E-state index contributed by atoms with van der Waals surface area (Å²) in [5.74, 6) is -46.6. The van der Waals surface area contributed by atoms with E-state index in [0.717, 1.165) is 13.8 Å². The molecule has 18 heteroatoms. The fourth-order valence-electron chi connectivity index (χ4n) is 1.83. The molecule has 0 amide bonds. The molecule has 0 N–H and O–H groups in total. The summed E-state index contributed by atoms with van der Waals surface area (Å²) in [6.45, 7) is 1.65. The van der Waals surface area contributed by atoms with E-state index in [2.05, 4.69) is 4.74 Å². The molecule has 0 bridgehead atoms. The van der Waals surface area contributed by atoms with Crippen LogP contribution in [0.3, 0.4) is 0 Å². The van der Waals surface area contributed by atoms with Crippen molar-refractivity contribution in [3.05, 3.63) is 0 Å². The maximum atomic E-state index is 13.6. The molecule has 0 aromatic rings. The van der Waals surface area contributed by atoms with Gasteiger partial charge in [-0.2, -0.15) is 70.2 Å². The lowest BCUT2D eigenvalue weighted by atomic mass is 9.88. The molecule has 186 valence electrons. The largest absolute Gasteiger partial charge is 0.463 e. The van der Waals surface area contributed by atoms with Crippen LogP contribution in [-0.4, -0.2) is 54.0 Å². The predicted molar refractivity (Wildman–Crippen MR) is 66.2 cm³/mol. The number of esters is 1. The fourth-order valence-corrected chi connectivity index (χ4v) is 1.83. The molecule has 0 rings (SSSR count). The van der Waals surface area contributed by atoms with E-state index in [-0.39, 0.29) is 0 Å². The van der Waals surface area contributed by atoms with Crippen LogP contribution in [-0.2, 0) is 9.53 Å². The Bertz CT molecular complexity index is 645. The lowest BCUT2D eigenvalue weighted by Crippen LogP contribution is -2.70. The van der Waals surface area contributed by atoms with E-state index in [9.17, 15) is 75.0 Å². The number of halogens is 16. The van der Waals surface area contributed by atoms with Gasteiger partial charge in [-0.05, 0) is 13.8 Å². The van der Waals surface area contributed by atoms with E-state index in [4.69, 9.17) is 0 Å². The van der Waals surface area contributed by atoms with Gasteiger partial charge in [0.2, 0.25) is 0 Å². The maximum absolute atomic E-state index is 13.6. The molecule has 0 saturated carbocycles. The van der Waals surface area contributed by atoms with Gasteiger partial charge in [-0.1, -0.05) is 0 Å². The molecule has 0 aromatic heterocycles. The number of carbonyl (C=O) groups is 1. The summed E-state index contributed by atoms with van der Waals surface area (Å²) in [5, 5.41) is 0. The predicted octanol–water partition coefficient (Wildman–Crippen LogP) is 6.25. The number of ether oxygens (including phenoxy) is 1. The smallest absolute Gasteiger partial charge is 0.460 e. The van der Waals surface area contributed by atoms with Crippen molar-refractivity contribution in [1.29, 1.82) is 0 Å². The van der Waals surface area contributed by atoms with Crippen LogP contribution >= 0.6 is 0 Å². The van der Waals surface area contributed by atoms with Gasteiger partial charge in [0.05, 0.1) is 6.10 Å². The first kappa shape index (κ1) is 29.3. The van der Waals surface area contributed by atoms with E-state index >= 15 is 0 Å². The van der Waals surface area contributed by atoms with Crippen molar-refractivity contribution in [3.8, 4) is 0 Å². The lowest BCUT2D eigenvalue weighted by Gasteiger charge is -2.40. The van der Waals surface area contributed by atoms with Crippen molar-refractivity contribution in [3.63, 3.8) is 0 Å². The van der Waals surface area contributed by atoms with Crippen LogP contribution < -0.4 is 0 Å². The molecule has 0 fully saturated rings. The topological polar surface area (TPSA) is 26.3 Å². The number of carbonyl (C=O) groups excluding carboxylic acids is 1. The highest BCUT2D eigenvalue weighted by molar-refractivity contribution is 5.73. The van der Waals surface area contributed by atoms with Crippen LogP contribution in [0.1, 0.15) is 20.3 Å². The molecule has 0 heterocycles. The zero-order valence-corrected chi connectivity index (χ0v) is 14.7. The summed E-state index contributed by atoms with van der Waals surface area (Å²) in [6, 6.07) is 0. The third-order valence-electron chi connectivity index (χ3n) is 3.49. The first-order chi connectivity index (χ1) is 13.2. The molecular formula is C13H10F16O2. The molecular weight excluding hydrogens is 492 g/mol. The standard InChI is InChI=1S/C13H10F16O2/c1-4(2)31-6(30)5(8(16,17)18)3-7(14,15)9(19,20)10(21,22)11(23,24)12(25,26)13(27,28)29/h4-5H,3H2,1-2H3. The van der Waals surface area contributed by atoms with E-state index in [1.165, 1.54) is 0 Å². The van der Waals surface area contributed by atoms with Crippen LogP contribution in [0.5, 0.6) is 0 Å². The average Bonchev–Trinajstić information content (AvgIpc) is 2.48. The average molecular weight is 502 g/mol. The maximum Gasteiger partial charge on any atom is 0.460 e. The van der Waals surface area contributed by atoms with Gasteiger partial charge in [-0.15, -0.1) is 0 Å². The third kappa shape index (κ3) is 5.06. The van der Waals surface area contributed by atoms with E-state index in [1.54, 1.807) is 0 Å². The first-order valence-corrected chi connectivity index (χ1v) is 7.41. The van der Waals surface area contributed by atoms with Crippen molar-refractivity contribution in [1.82, 2.24) is 0 Å². The normalized spacial score (nSPS) is 16.5. The Balaban J connectivity index is 6.40. The van der Waals surface area contributed by atoms with Gasteiger partial charge in [0, 0.05) is 6.42 Å². The van der Waals surface area contributed by atoms with Crippen molar-refractivity contribution in [2.24, 2.45) is 5.92 Å². The van der Waals surface area contributed by atoms with Crippen LogP contribution in [0.2, 0.25) is 0 Å². The van der Waals surface area contributed by atoms with Gasteiger partial charge in [0.25, 0.3) is 0 Å². The second kappa shape index (κ2) is 8.04. The summed E-state index contributed by atoms with van der Waals surface area (Å²) >= 11 is 0. The van der Waals surface area contributed by atoms with Gasteiger partial charge in [-0.25, -0.2) is 0 Å². The highest BCUT2D eigenvalue weighted by Gasteiger charge is 2.90. The highest BCUT2D eigenvalue weighted by atomic mass is 19.4. The molecule has 0 aliphatic heterocycles. The molecule has 0 aromatic carbocycles. The minimum Gasteiger partial charge on any atom is -0.463 e. The fraction of sp³-hybridized carbons (Fsp3) is 0.923. The Morgan fingerprint density at radius 2 is 1.00 bits per heavy atom. The van der Waals surface area contributed by atoms with E-state index in [0.29, 0.717) is 0 Å². The first-order valence-electron chi connectivity index (χ1n) is 7.41. The molecule has 0 spiro atoms. The number of hydrogen-bond donors (Lipinski definition) is 0. The van der Waals surface area contributed by atoms with Crippen molar-refractivity contribution >= 4 is 5.97 Å². The number of alkyl halides is 16. The zero-order valence-electron chi connectivity index (χ0n) is 14.7. The van der Waals surface area contributed by atoms with Gasteiger partial charge >= 0.3 is 47.9 Å². The van der Waals surface area contributed by atoms with Gasteiger partial charge in [0.15, 0.2) is 5.92 Å². The molecule has 2 nitrogen and oxygen atoms in total. The van der Waals surface area contributed by atoms with Gasteiger partial charge in [-0.3, -0.25) is 4.79 Å². The minimum absolute atomic E-state index is 0.825. The molecule has 0 aliphatic carbocycles. The second-order valence-corrected chi connectivity index (χ2v) is 6.28. The van der Waals surface area contributed by atoms with Gasteiger partial charge < -0.3 is 4.74 Å². The minimum atomic E-state index is -8.25.